The van der Waals surface area contributed by atoms with E-state index in [1.807, 2.05) is 0 Å². The maximum absolute atomic E-state index is 13.4. The molecular weight excluding hydrogens is 518 g/mol. The van der Waals surface area contributed by atoms with E-state index in [0.717, 1.165) is 12.1 Å². The quantitative estimate of drug-likeness (QED) is 0.282. The molecule has 2 amide bonds. The Morgan fingerprint density at radius 1 is 1.00 bits per heavy atom. The van der Waals surface area contributed by atoms with E-state index in [9.17, 15) is 22.8 Å². The highest BCUT2D eigenvalue weighted by atomic mass is 35.5. The summed E-state index contributed by atoms with van der Waals surface area (Å²) in [5.74, 6) is 0.275. The van der Waals surface area contributed by atoms with Crippen LogP contribution in [0, 0.1) is 0 Å². The van der Waals surface area contributed by atoms with Gasteiger partial charge in [-0.05, 0) is 55.5 Å². The number of hydrogen-bond acceptors (Lipinski definition) is 4. The summed E-state index contributed by atoms with van der Waals surface area (Å²) in [5.41, 5.74) is 5.46. The summed E-state index contributed by atoms with van der Waals surface area (Å²) < 4.78 is 40.6. The Morgan fingerprint density at radius 3 is 2.33 bits per heavy atom. The van der Waals surface area contributed by atoms with E-state index in [1.54, 1.807) is 43.3 Å². The van der Waals surface area contributed by atoms with E-state index >= 15 is 0 Å². The van der Waals surface area contributed by atoms with Crippen LogP contribution < -0.4 is 21.9 Å². The first-order chi connectivity index (χ1) is 17.0. The molecule has 1 atom stereocenters. The van der Waals surface area contributed by atoms with Crippen LogP contribution in [0.25, 0.3) is 16.6 Å². The minimum Gasteiger partial charge on any atom is -0.322 e. The predicted octanol–water partition coefficient (Wildman–Crippen LogP) is 6.38. The summed E-state index contributed by atoms with van der Waals surface area (Å²) in [5, 5.41) is 4.82. The Morgan fingerprint density at radius 2 is 1.67 bits per heavy atom. The highest BCUT2D eigenvalue weighted by Gasteiger charge is 2.33. The number of nitrogens with two attached hydrogens (primary N) is 1. The molecule has 0 aliphatic carbocycles. The van der Waals surface area contributed by atoms with Crippen LogP contribution in [0.5, 0.6) is 0 Å². The number of carbonyl (C=O) groups is 1. The second-order valence-electron chi connectivity index (χ2n) is 7.86. The van der Waals surface area contributed by atoms with Crippen LogP contribution in [0.1, 0.15) is 24.4 Å². The number of fused-ring (bicyclic) bond motifs is 1. The largest absolute Gasteiger partial charge is 0.417 e. The lowest BCUT2D eigenvalue weighted by Gasteiger charge is -2.17. The fourth-order valence-electron chi connectivity index (χ4n) is 3.60. The summed E-state index contributed by atoms with van der Waals surface area (Å²) >= 11 is 11.9. The molecule has 186 valence electrons. The summed E-state index contributed by atoms with van der Waals surface area (Å²) in [6.07, 6.45) is -4.68. The van der Waals surface area contributed by atoms with Gasteiger partial charge in [-0.25, -0.2) is 9.78 Å². The molecule has 0 unspecified atom stereocenters. The summed E-state index contributed by atoms with van der Waals surface area (Å²) in [6, 6.07) is 12.8. The van der Waals surface area contributed by atoms with Crippen LogP contribution >= 0.6 is 23.2 Å². The van der Waals surface area contributed by atoms with Gasteiger partial charge in [0.15, 0.2) is 0 Å². The van der Waals surface area contributed by atoms with Gasteiger partial charge in [0.2, 0.25) is 0 Å². The number of alkyl halides is 3. The SMILES string of the molecule is C[C@H](N)c1nc2cccc(Cl)c2c(=O)n1-c1cccc(NC(=O)Nc2ccc(Cl)c(C(F)(F)F)c2)c1. The number of benzene rings is 3. The Balaban J connectivity index is 1.67. The Hall–Kier alpha value is -3.60. The van der Waals surface area contributed by atoms with E-state index in [4.69, 9.17) is 28.9 Å². The van der Waals surface area contributed by atoms with Crippen molar-refractivity contribution in [3.8, 4) is 5.69 Å². The van der Waals surface area contributed by atoms with Gasteiger partial charge in [-0.3, -0.25) is 9.36 Å². The molecule has 0 radical (unpaired) electrons. The normalized spacial score (nSPS) is 12.4. The number of carbonyl (C=O) groups excluding carboxylic acids is 1. The number of halogens is 5. The van der Waals surface area contributed by atoms with Crippen LogP contribution in [0.2, 0.25) is 10.0 Å². The van der Waals surface area contributed by atoms with E-state index < -0.39 is 34.4 Å². The van der Waals surface area contributed by atoms with Gasteiger partial charge < -0.3 is 16.4 Å². The van der Waals surface area contributed by atoms with Gasteiger partial charge in [0, 0.05) is 11.4 Å². The second kappa shape index (κ2) is 9.81. The zero-order chi connectivity index (χ0) is 26.2. The average molecular weight is 536 g/mol. The Kier molecular flexibility index (Phi) is 6.94. The topological polar surface area (TPSA) is 102 Å². The maximum Gasteiger partial charge on any atom is 0.417 e. The number of aromatic nitrogens is 2. The lowest BCUT2D eigenvalue weighted by molar-refractivity contribution is -0.137. The number of rotatable bonds is 4. The minimum absolute atomic E-state index is 0.107. The number of nitrogens with one attached hydrogen (secondary N) is 2. The molecule has 0 fully saturated rings. The standard InChI is InChI=1S/C24H18Cl2F3N5O2/c1-12(30)21-33-19-7-3-6-18(26)20(19)22(35)34(21)15-5-2-4-13(10-15)31-23(36)32-14-8-9-17(25)16(11-14)24(27,28)29/h2-12H,30H2,1H3,(H2,31,32,36)/t12-/m0/s1. The smallest absolute Gasteiger partial charge is 0.322 e. The Bertz CT molecular complexity index is 1540. The van der Waals surface area contributed by atoms with E-state index in [1.165, 1.54) is 16.7 Å². The van der Waals surface area contributed by atoms with Crippen LogP contribution in [-0.4, -0.2) is 15.6 Å². The van der Waals surface area contributed by atoms with Crippen molar-refractivity contribution < 1.29 is 18.0 Å². The number of nitrogens with zero attached hydrogens (tertiary/aromatic N) is 2. The van der Waals surface area contributed by atoms with Crippen molar-refractivity contribution in [1.82, 2.24) is 9.55 Å². The summed E-state index contributed by atoms with van der Waals surface area (Å²) in [4.78, 5) is 30.4. The molecular formula is C24H18Cl2F3N5O2. The summed E-state index contributed by atoms with van der Waals surface area (Å²) in [6.45, 7) is 1.67. The Labute approximate surface area is 212 Å². The van der Waals surface area contributed by atoms with Crippen molar-refractivity contribution in [1.29, 1.82) is 0 Å². The van der Waals surface area contributed by atoms with Crippen molar-refractivity contribution in [3.05, 3.63) is 92.5 Å². The van der Waals surface area contributed by atoms with Crippen LogP contribution in [0.3, 0.4) is 0 Å². The molecule has 0 saturated carbocycles. The van der Waals surface area contributed by atoms with Crippen molar-refractivity contribution >= 4 is 51.5 Å². The third kappa shape index (κ3) is 5.15. The van der Waals surface area contributed by atoms with Gasteiger partial charge in [-0.1, -0.05) is 35.3 Å². The van der Waals surface area contributed by atoms with Gasteiger partial charge in [0.1, 0.15) is 5.82 Å². The van der Waals surface area contributed by atoms with Crippen molar-refractivity contribution in [2.24, 2.45) is 5.73 Å². The number of anilines is 2. The van der Waals surface area contributed by atoms with Crippen LogP contribution in [0.15, 0.2) is 65.5 Å². The molecule has 7 nitrogen and oxygen atoms in total. The zero-order valence-corrected chi connectivity index (χ0v) is 20.0. The van der Waals surface area contributed by atoms with Crippen molar-refractivity contribution in [2.45, 2.75) is 19.1 Å². The number of urea groups is 1. The fraction of sp³-hybridized carbons (Fsp3) is 0.125. The van der Waals surface area contributed by atoms with Crippen molar-refractivity contribution in [2.75, 3.05) is 10.6 Å². The number of hydrogen-bond donors (Lipinski definition) is 3. The van der Waals surface area contributed by atoms with Crippen LogP contribution in [0.4, 0.5) is 29.3 Å². The highest BCUT2D eigenvalue weighted by Crippen LogP contribution is 2.36. The summed E-state index contributed by atoms with van der Waals surface area (Å²) in [7, 11) is 0. The zero-order valence-electron chi connectivity index (χ0n) is 18.5. The lowest BCUT2D eigenvalue weighted by Crippen LogP contribution is -2.28. The molecule has 12 heteroatoms. The van der Waals surface area contributed by atoms with Gasteiger partial charge in [0.05, 0.1) is 38.2 Å². The monoisotopic (exact) mass is 535 g/mol. The molecule has 4 aromatic rings. The molecule has 0 bridgehead atoms. The molecule has 4 rings (SSSR count). The molecule has 4 N–H and O–H groups in total. The third-order valence-electron chi connectivity index (χ3n) is 5.17. The van der Waals surface area contributed by atoms with E-state index in [2.05, 4.69) is 15.6 Å². The maximum atomic E-state index is 13.4. The van der Waals surface area contributed by atoms with Gasteiger partial charge >= 0.3 is 12.2 Å². The highest BCUT2D eigenvalue weighted by molar-refractivity contribution is 6.35. The number of amides is 2. The average Bonchev–Trinajstić information content (AvgIpc) is 2.79. The first kappa shape index (κ1) is 25.5. The third-order valence-corrected chi connectivity index (χ3v) is 5.82. The molecule has 0 spiro atoms. The second-order valence-corrected chi connectivity index (χ2v) is 8.67. The van der Waals surface area contributed by atoms with E-state index in [0.29, 0.717) is 11.2 Å². The van der Waals surface area contributed by atoms with E-state index in [-0.39, 0.29) is 27.6 Å². The molecule has 1 aromatic heterocycles. The van der Waals surface area contributed by atoms with Gasteiger partial charge in [-0.2, -0.15) is 13.2 Å². The minimum atomic E-state index is -4.68. The first-order valence-corrected chi connectivity index (χ1v) is 11.2. The molecule has 1 heterocycles. The lowest BCUT2D eigenvalue weighted by atomic mass is 10.2. The molecule has 36 heavy (non-hydrogen) atoms. The van der Waals surface area contributed by atoms with Crippen molar-refractivity contribution in [3.63, 3.8) is 0 Å². The molecule has 0 saturated heterocycles. The molecule has 0 aliphatic rings. The molecule has 0 aliphatic heterocycles. The molecule has 3 aromatic carbocycles. The first-order valence-electron chi connectivity index (χ1n) is 10.5. The fourth-order valence-corrected chi connectivity index (χ4v) is 4.07. The van der Waals surface area contributed by atoms with Gasteiger partial charge in [-0.15, -0.1) is 0 Å². The van der Waals surface area contributed by atoms with Gasteiger partial charge in [0.25, 0.3) is 5.56 Å². The predicted molar refractivity (Wildman–Crippen MR) is 134 cm³/mol. The van der Waals surface area contributed by atoms with Crippen LogP contribution in [-0.2, 0) is 6.18 Å².